The van der Waals surface area contributed by atoms with Gasteiger partial charge in [-0.05, 0) is 104 Å². The summed E-state index contributed by atoms with van der Waals surface area (Å²) in [7, 11) is 0. The van der Waals surface area contributed by atoms with Crippen molar-refractivity contribution in [3.8, 4) is 5.75 Å². The van der Waals surface area contributed by atoms with E-state index in [9.17, 15) is 19.8 Å². The third kappa shape index (κ3) is 7.21. The van der Waals surface area contributed by atoms with E-state index in [-0.39, 0.29) is 40.3 Å². The summed E-state index contributed by atoms with van der Waals surface area (Å²) in [4.78, 5) is 35.9. The Morgan fingerprint density at radius 3 is 2.74 bits per heavy atom. The Hall–Kier alpha value is -3.14. The number of aromatic carboxylic acids is 1. The number of ether oxygens (including phenoxy) is 1. The lowest BCUT2D eigenvalue weighted by atomic mass is 9.68. The van der Waals surface area contributed by atoms with Gasteiger partial charge < -0.3 is 19.8 Å². The maximum atomic E-state index is 13.0. The first-order valence-corrected chi connectivity index (χ1v) is 17.7. The van der Waals surface area contributed by atoms with Gasteiger partial charge in [0.05, 0.1) is 24.0 Å². The summed E-state index contributed by atoms with van der Waals surface area (Å²) in [5.74, 6) is -0.0145. The highest BCUT2D eigenvalue weighted by atomic mass is 35.5. The van der Waals surface area contributed by atoms with Crippen molar-refractivity contribution in [3.05, 3.63) is 76.6 Å². The normalized spacial score (nSPS) is 23.3. The number of ketones is 1. The van der Waals surface area contributed by atoms with Crippen molar-refractivity contribution in [2.45, 2.75) is 86.6 Å². The molecule has 0 radical (unpaired) electrons. The van der Waals surface area contributed by atoms with E-state index in [2.05, 4.69) is 33.9 Å². The second-order valence-corrected chi connectivity index (χ2v) is 14.8. The molecule has 0 bridgehead atoms. The van der Waals surface area contributed by atoms with Gasteiger partial charge in [-0.2, -0.15) is 0 Å². The molecule has 46 heavy (non-hydrogen) atoms. The van der Waals surface area contributed by atoms with Crippen LogP contribution in [-0.4, -0.2) is 63.0 Å². The molecule has 3 aliphatic rings. The predicted molar refractivity (Wildman–Crippen MR) is 180 cm³/mol. The minimum atomic E-state index is -0.977. The molecule has 1 aliphatic heterocycles. The topological polar surface area (TPSA) is 113 Å². The molecule has 2 N–H and O–H groups in total. The molecule has 1 spiro atoms. The van der Waals surface area contributed by atoms with E-state index < -0.39 is 12.1 Å². The number of Topliss-reactive ketones (excluding diaryl/α,β-unsaturated/α-hetero) is 1. The average molecular weight is 664 g/mol. The first kappa shape index (κ1) is 32.8. The molecular formula is C36H42ClN3O5S. The van der Waals surface area contributed by atoms with Crippen LogP contribution in [-0.2, 0) is 16.6 Å². The zero-order valence-corrected chi connectivity index (χ0v) is 27.8. The van der Waals surface area contributed by atoms with Crippen LogP contribution in [0.4, 0.5) is 5.69 Å². The molecule has 6 rings (SSSR count). The number of carboxylic acids is 1. The van der Waals surface area contributed by atoms with Crippen molar-refractivity contribution in [2.24, 2.45) is 11.8 Å². The number of benzene rings is 2. The van der Waals surface area contributed by atoms with Crippen LogP contribution in [0, 0.1) is 11.8 Å². The smallest absolute Gasteiger partial charge is 0.335 e. The first-order chi connectivity index (χ1) is 22.2. The number of hydrogen-bond donors (Lipinski definition) is 2. The second kappa shape index (κ2) is 14.3. The third-order valence-corrected chi connectivity index (χ3v) is 11.7. The molecule has 2 aliphatic carbocycles. The molecule has 0 saturated heterocycles. The number of anilines is 1. The Labute approximate surface area is 279 Å². The average Bonchev–Trinajstić information content (AvgIpc) is 3.18. The number of carboxylic acid groups (broad SMARTS) is 1. The van der Waals surface area contributed by atoms with Crippen molar-refractivity contribution >= 4 is 40.8 Å². The summed E-state index contributed by atoms with van der Waals surface area (Å²) in [5.41, 5.74) is 3.22. The van der Waals surface area contributed by atoms with Crippen LogP contribution >= 0.6 is 23.4 Å². The van der Waals surface area contributed by atoms with E-state index in [0.717, 1.165) is 60.8 Å². The number of rotatable bonds is 12. The number of carbonyl (C=O) groups is 2. The molecule has 2 aromatic carbocycles. The molecule has 0 amide bonds. The van der Waals surface area contributed by atoms with Gasteiger partial charge >= 0.3 is 5.97 Å². The van der Waals surface area contributed by atoms with Gasteiger partial charge in [0.1, 0.15) is 11.5 Å². The van der Waals surface area contributed by atoms with Crippen LogP contribution in [0.2, 0.25) is 5.02 Å². The maximum Gasteiger partial charge on any atom is 0.335 e. The number of aryl methyl sites for hydroxylation is 1. The summed E-state index contributed by atoms with van der Waals surface area (Å²) in [6.45, 7) is 3.94. The van der Waals surface area contributed by atoms with Crippen LogP contribution in [0.1, 0.15) is 79.8 Å². The molecule has 1 unspecified atom stereocenters. The van der Waals surface area contributed by atoms with Crippen LogP contribution in [0.25, 0.3) is 0 Å². The molecule has 1 saturated carbocycles. The fourth-order valence-corrected chi connectivity index (χ4v) is 8.65. The van der Waals surface area contributed by atoms with Crippen LogP contribution in [0.5, 0.6) is 5.75 Å². The fraction of sp³-hybridized carbons (Fsp3) is 0.500. The largest absolute Gasteiger partial charge is 0.490 e. The van der Waals surface area contributed by atoms with Crippen LogP contribution in [0.15, 0.2) is 60.0 Å². The van der Waals surface area contributed by atoms with Gasteiger partial charge in [0.25, 0.3) is 0 Å². The minimum Gasteiger partial charge on any atom is -0.490 e. The van der Waals surface area contributed by atoms with Crippen LogP contribution < -0.4 is 9.64 Å². The summed E-state index contributed by atoms with van der Waals surface area (Å²) in [5, 5.41) is 22.8. The monoisotopic (exact) mass is 663 g/mol. The van der Waals surface area contributed by atoms with Gasteiger partial charge in [0, 0.05) is 54.0 Å². The van der Waals surface area contributed by atoms with Gasteiger partial charge in [-0.1, -0.05) is 36.4 Å². The Balaban J connectivity index is 1.15. The van der Waals surface area contributed by atoms with E-state index in [1.165, 1.54) is 11.1 Å². The first-order valence-electron chi connectivity index (χ1n) is 16.4. The Morgan fingerprint density at radius 1 is 1.17 bits per heavy atom. The number of aliphatic hydroxyl groups excluding tert-OH is 1. The number of halogens is 1. The highest BCUT2D eigenvalue weighted by Crippen LogP contribution is 2.47. The Kier molecular flexibility index (Phi) is 10.2. The SMILES string of the molecule is CC[C@H](CCC(=O)C[C@H](O)[C@@H]1CC[C@H]1CN1CC2(CCCc3cc(Cl)ccc32)COc2ccc(C(=O)O)cc21)Sc1ncccn1. The molecule has 2 heterocycles. The number of nitrogens with zero attached hydrogens (tertiary/aromatic N) is 3. The predicted octanol–water partition coefficient (Wildman–Crippen LogP) is 7.00. The molecular weight excluding hydrogens is 622 g/mol. The van der Waals surface area contributed by atoms with Crippen LogP contribution in [0.3, 0.4) is 0 Å². The van der Waals surface area contributed by atoms with Gasteiger partial charge in [0.15, 0.2) is 5.16 Å². The van der Waals surface area contributed by atoms with Crippen molar-refractivity contribution in [2.75, 3.05) is 24.6 Å². The number of carbonyl (C=O) groups excluding carboxylic acids is 1. The molecule has 8 nitrogen and oxygen atoms in total. The van der Waals surface area contributed by atoms with E-state index in [0.29, 0.717) is 31.9 Å². The number of fused-ring (bicyclic) bond motifs is 3. The quantitative estimate of drug-likeness (QED) is 0.156. The summed E-state index contributed by atoms with van der Waals surface area (Å²) >= 11 is 7.99. The summed E-state index contributed by atoms with van der Waals surface area (Å²) in [6, 6.07) is 13.0. The van der Waals surface area contributed by atoms with Crippen molar-refractivity contribution in [3.63, 3.8) is 0 Å². The molecule has 10 heteroatoms. The molecule has 3 aromatic rings. The highest BCUT2D eigenvalue weighted by Gasteiger charge is 2.44. The minimum absolute atomic E-state index is 0.0155. The third-order valence-electron chi connectivity index (χ3n) is 10.2. The highest BCUT2D eigenvalue weighted by molar-refractivity contribution is 7.99. The van der Waals surface area contributed by atoms with Crippen molar-refractivity contribution in [1.82, 2.24) is 9.97 Å². The summed E-state index contributed by atoms with van der Waals surface area (Å²) < 4.78 is 6.48. The van der Waals surface area contributed by atoms with Gasteiger partial charge in [-0.15, -0.1) is 0 Å². The Bertz CT molecular complexity index is 1560. The lowest BCUT2D eigenvalue weighted by molar-refractivity contribution is -0.123. The molecule has 244 valence electrons. The fourth-order valence-electron chi connectivity index (χ4n) is 7.51. The van der Waals surface area contributed by atoms with E-state index in [4.69, 9.17) is 16.3 Å². The number of hydrogen-bond acceptors (Lipinski definition) is 8. The van der Waals surface area contributed by atoms with Gasteiger partial charge in [0.2, 0.25) is 0 Å². The van der Waals surface area contributed by atoms with Gasteiger partial charge in [-0.25, -0.2) is 14.8 Å². The van der Waals surface area contributed by atoms with Crippen molar-refractivity contribution in [1.29, 1.82) is 0 Å². The zero-order valence-electron chi connectivity index (χ0n) is 26.2. The molecule has 1 fully saturated rings. The molecule has 5 atom stereocenters. The maximum absolute atomic E-state index is 13.0. The molecule has 1 aromatic heterocycles. The zero-order chi connectivity index (χ0) is 32.3. The van der Waals surface area contributed by atoms with E-state index in [1.54, 1.807) is 48.4 Å². The van der Waals surface area contributed by atoms with Crippen molar-refractivity contribution < 1.29 is 24.5 Å². The lowest BCUT2D eigenvalue weighted by Gasteiger charge is -2.45. The number of aromatic nitrogens is 2. The second-order valence-electron chi connectivity index (χ2n) is 13.1. The van der Waals surface area contributed by atoms with E-state index >= 15 is 0 Å². The van der Waals surface area contributed by atoms with E-state index in [1.807, 2.05) is 6.07 Å². The summed E-state index contributed by atoms with van der Waals surface area (Å²) in [6.07, 6.45) is 9.74. The van der Waals surface area contributed by atoms with Gasteiger partial charge in [-0.3, -0.25) is 4.79 Å². The standard InChI is InChI=1S/C36H42ClN3O5S/c1-2-28(46-35-38-15-4-16-39-35)10-9-27(41)19-32(42)29-11-6-25(29)20-40-21-36(14-3-5-23-17-26(37)8-12-30(23)36)22-45-33-13-7-24(34(43)44)18-31(33)40/h4,7-8,12-13,15-18,25,28-29,32,42H,2-3,5-6,9-11,14,19-22H2,1H3,(H,43,44)/t25-,28+,29+,32-,36?/m0/s1. The lowest BCUT2D eigenvalue weighted by Crippen LogP contribution is -2.49. The number of aliphatic hydroxyl groups is 1. The number of thioether (sulfide) groups is 1. The Morgan fingerprint density at radius 2 is 2.00 bits per heavy atom.